The van der Waals surface area contributed by atoms with Crippen LogP contribution in [0.5, 0.6) is 5.75 Å². The average molecular weight is 348 g/mol. The number of carbonyl (C=O) groups is 1. The van der Waals surface area contributed by atoms with Gasteiger partial charge in [-0.15, -0.1) is 11.8 Å². The summed E-state index contributed by atoms with van der Waals surface area (Å²) in [5.74, 6) is 0.326. The van der Waals surface area contributed by atoms with Crippen molar-refractivity contribution in [2.45, 2.75) is 12.4 Å². The first-order valence-corrected chi connectivity index (χ1v) is 8.14. The molecule has 0 aliphatic rings. The Bertz CT molecular complexity index is 747. The van der Waals surface area contributed by atoms with Gasteiger partial charge in [-0.05, 0) is 29.8 Å². The maximum Gasteiger partial charge on any atom is 0.387 e. The third-order valence-corrected chi connectivity index (χ3v) is 3.94. The topological polar surface area (TPSA) is 62.1 Å². The third-order valence-electron chi connectivity index (χ3n) is 2.94. The highest BCUT2D eigenvalue weighted by molar-refractivity contribution is 7.99. The Morgan fingerprint density at radius 2 is 2.04 bits per heavy atom. The number of benzene rings is 2. The first-order chi connectivity index (χ1) is 11.6. The number of amides is 1. The zero-order valence-electron chi connectivity index (χ0n) is 12.5. The van der Waals surface area contributed by atoms with E-state index >= 15 is 0 Å². The number of alkyl halides is 2. The van der Waals surface area contributed by atoms with Crippen molar-refractivity contribution in [3.05, 3.63) is 59.7 Å². The molecular weight excluding hydrogens is 334 g/mol. The minimum atomic E-state index is -2.95. The molecule has 1 N–H and O–H groups in total. The number of halogens is 2. The first-order valence-electron chi connectivity index (χ1n) is 6.99. The number of carbonyl (C=O) groups excluding carboxylic acids is 1. The number of rotatable bonds is 7. The summed E-state index contributed by atoms with van der Waals surface area (Å²) in [6.07, 6.45) is 0. The van der Waals surface area contributed by atoms with Gasteiger partial charge in [-0.25, -0.2) is 0 Å². The largest absolute Gasteiger partial charge is 0.433 e. The number of para-hydroxylation sites is 2. The number of nitriles is 1. The number of nitrogens with one attached hydrogen (secondary N) is 1. The van der Waals surface area contributed by atoms with Gasteiger partial charge in [0.15, 0.2) is 0 Å². The van der Waals surface area contributed by atoms with Crippen LogP contribution in [0.2, 0.25) is 0 Å². The summed E-state index contributed by atoms with van der Waals surface area (Å²) in [6.45, 7) is -2.95. The van der Waals surface area contributed by atoms with E-state index in [0.29, 0.717) is 11.3 Å². The van der Waals surface area contributed by atoms with Gasteiger partial charge in [0.2, 0.25) is 5.91 Å². The Kier molecular flexibility index (Phi) is 6.58. The number of anilines is 1. The van der Waals surface area contributed by atoms with E-state index < -0.39 is 6.61 Å². The highest BCUT2D eigenvalue weighted by atomic mass is 32.2. The number of hydrogen-bond acceptors (Lipinski definition) is 4. The van der Waals surface area contributed by atoms with E-state index in [2.05, 4.69) is 16.1 Å². The van der Waals surface area contributed by atoms with Crippen LogP contribution in [0, 0.1) is 11.3 Å². The van der Waals surface area contributed by atoms with Gasteiger partial charge in [-0.3, -0.25) is 4.79 Å². The van der Waals surface area contributed by atoms with Crippen molar-refractivity contribution >= 4 is 23.4 Å². The molecule has 0 bridgehead atoms. The lowest BCUT2D eigenvalue weighted by atomic mass is 10.2. The molecule has 7 heteroatoms. The molecule has 0 heterocycles. The Hall–Kier alpha value is -2.59. The molecule has 4 nitrogen and oxygen atoms in total. The number of hydrogen-bond donors (Lipinski definition) is 1. The van der Waals surface area contributed by atoms with Crippen LogP contribution < -0.4 is 10.1 Å². The van der Waals surface area contributed by atoms with Crippen LogP contribution in [-0.4, -0.2) is 18.3 Å². The standard InChI is InChI=1S/C17H14F2N2O2S/c18-17(19)23-15-7-2-1-6-14(15)21-16(22)11-24-10-13-5-3-4-12(8-13)9-20/h1-8,17H,10-11H2,(H,21,22). The summed E-state index contributed by atoms with van der Waals surface area (Å²) in [5, 5.41) is 11.4. The molecule has 0 aromatic heterocycles. The molecule has 0 unspecified atom stereocenters. The Morgan fingerprint density at radius 3 is 2.79 bits per heavy atom. The van der Waals surface area contributed by atoms with Crippen LogP contribution in [-0.2, 0) is 10.5 Å². The molecule has 0 atom stereocenters. The average Bonchev–Trinajstić information content (AvgIpc) is 2.56. The van der Waals surface area contributed by atoms with Gasteiger partial charge in [0.1, 0.15) is 5.75 Å². The van der Waals surface area contributed by atoms with Crippen molar-refractivity contribution in [1.29, 1.82) is 5.26 Å². The molecule has 0 fully saturated rings. The molecule has 0 aliphatic heterocycles. The van der Waals surface area contributed by atoms with E-state index in [1.807, 2.05) is 6.07 Å². The Morgan fingerprint density at radius 1 is 1.25 bits per heavy atom. The normalized spacial score (nSPS) is 10.2. The second-order valence-corrected chi connectivity index (χ2v) is 5.71. The summed E-state index contributed by atoms with van der Waals surface area (Å²) < 4.78 is 29.0. The van der Waals surface area contributed by atoms with Crippen LogP contribution in [0.4, 0.5) is 14.5 Å². The molecule has 2 rings (SSSR count). The van der Waals surface area contributed by atoms with Gasteiger partial charge in [0.05, 0.1) is 23.1 Å². The van der Waals surface area contributed by atoms with Crippen molar-refractivity contribution in [2.75, 3.05) is 11.1 Å². The highest BCUT2D eigenvalue weighted by Crippen LogP contribution is 2.25. The lowest BCUT2D eigenvalue weighted by Gasteiger charge is -2.11. The van der Waals surface area contributed by atoms with Crippen LogP contribution in [0.15, 0.2) is 48.5 Å². The quantitative estimate of drug-likeness (QED) is 0.820. The van der Waals surface area contributed by atoms with Crippen LogP contribution in [0.25, 0.3) is 0 Å². The fourth-order valence-corrected chi connectivity index (χ4v) is 2.72. The number of thioether (sulfide) groups is 1. The molecule has 1 amide bonds. The number of ether oxygens (including phenoxy) is 1. The molecule has 0 saturated carbocycles. The van der Waals surface area contributed by atoms with Gasteiger partial charge in [-0.2, -0.15) is 14.0 Å². The summed E-state index contributed by atoms with van der Waals surface area (Å²) in [7, 11) is 0. The molecule has 0 radical (unpaired) electrons. The predicted molar refractivity (Wildman–Crippen MR) is 89.0 cm³/mol. The SMILES string of the molecule is N#Cc1cccc(CSCC(=O)Nc2ccccc2OC(F)F)c1. The van der Waals surface area contributed by atoms with Gasteiger partial charge < -0.3 is 10.1 Å². The van der Waals surface area contributed by atoms with Gasteiger partial charge >= 0.3 is 6.61 Å². The lowest BCUT2D eigenvalue weighted by Crippen LogP contribution is -2.15. The van der Waals surface area contributed by atoms with Crippen LogP contribution >= 0.6 is 11.8 Å². The van der Waals surface area contributed by atoms with Crippen molar-refractivity contribution in [1.82, 2.24) is 0 Å². The summed E-state index contributed by atoms with van der Waals surface area (Å²) >= 11 is 1.36. The third kappa shape index (κ3) is 5.56. The predicted octanol–water partition coefficient (Wildman–Crippen LogP) is 4.03. The maximum atomic E-state index is 12.3. The second-order valence-electron chi connectivity index (χ2n) is 4.73. The van der Waals surface area contributed by atoms with E-state index in [1.165, 1.54) is 23.9 Å². The van der Waals surface area contributed by atoms with Crippen molar-refractivity contribution in [3.63, 3.8) is 0 Å². The minimum Gasteiger partial charge on any atom is -0.433 e. The lowest BCUT2D eigenvalue weighted by molar-refractivity contribution is -0.113. The monoisotopic (exact) mass is 348 g/mol. The Balaban J connectivity index is 1.86. The molecule has 24 heavy (non-hydrogen) atoms. The van der Waals surface area contributed by atoms with E-state index in [9.17, 15) is 13.6 Å². The van der Waals surface area contributed by atoms with E-state index in [4.69, 9.17) is 5.26 Å². The minimum absolute atomic E-state index is 0.0763. The van der Waals surface area contributed by atoms with Crippen molar-refractivity contribution in [3.8, 4) is 11.8 Å². The highest BCUT2D eigenvalue weighted by Gasteiger charge is 2.11. The fraction of sp³-hybridized carbons (Fsp3) is 0.176. The molecule has 0 saturated heterocycles. The summed E-state index contributed by atoms with van der Waals surface area (Å²) in [6, 6.07) is 15.2. The molecule has 2 aromatic carbocycles. The van der Waals surface area contributed by atoms with Crippen molar-refractivity contribution < 1.29 is 18.3 Å². The Labute approximate surface area is 142 Å². The smallest absolute Gasteiger partial charge is 0.387 e. The van der Waals surface area contributed by atoms with E-state index in [0.717, 1.165) is 5.56 Å². The molecular formula is C17H14F2N2O2S. The molecule has 0 aliphatic carbocycles. The van der Waals surface area contributed by atoms with Gasteiger partial charge in [0.25, 0.3) is 0 Å². The van der Waals surface area contributed by atoms with Crippen molar-refractivity contribution in [2.24, 2.45) is 0 Å². The zero-order chi connectivity index (χ0) is 17.4. The van der Waals surface area contributed by atoms with Crippen LogP contribution in [0.3, 0.4) is 0 Å². The summed E-state index contributed by atoms with van der Waals surface area (Å²) in [5.41, 5.74) is 1.71. The fourth-order valence-electron chi connectivity index (χ4n) is 1.95. The van der Waals surface area contributed by atoms with Gasteiger partial charge in [-0.1, -0.05) is 24.3 Å². The summed E-state index contributed by atoms with van der Waals surface area (Å²) in [4.78, 5) is 11.9. The van der Waals surface area contributed by atoms with Crippen LogP contribution in [0.1, 0.15) is 11.1 Å². The molecule has 2 aromatic rings. The first kappa shape index (κ1) is 17.8. The van der Waals surface area contributed by atoms with E-state index in [-0.39, 0.29) is 23.1 Å². The zero-order valence-corrected chi connectivity index (χ0v) is 13.4. The second kappa shape index (κ2) is 8.89. The molecule has 0 spiro atoms. The van der Waals surface area contributed by atoms with E-state index in [1.54, 1.807) is 30.3 Å². The number of nitrogens with zero attached hydrogens (tertiary/aromatic N) is 1. The molecule has 124 valence electrons. The maximum absolute atomic E-state index is 12.3. The van der Waals surface area contributed by atoms with Gasteiger partial charge in [0, 0.05) is 5.75 Å².